The summed E-state index contributed by atoms with van der Waals surface area (Å²) in [5.74, 6) is -1.78. The van der Waals surface area contributed by atoms with E-state index in [4.69, 9.17) is 26.7 Å². The van der Waals surface area contributed by atoms with Gasteiger partial charge >= 0.3 is 5.97 Å². The maximum absolute atomic E-state index is 12.1. The Bertz CT molecular complexity index is 841. The smallest absolute Gasteiger partial charge is 0.303 e. The summed E-state index contributed by atoms with van der Waals surface area (Å²) in [6.45, 7) is 0. The Hall–Kier alpha value is -3.04. The molecule has 0 saturated carbocycles. The quantitative estimate of drug-likeness (QED) is 0.772. The number of aromatic hydroxyl groups is 1. The molecule has 24 heavy (non-hydrogen) atoms. The van der Waals surface area contributed by atoms with E-state index in [-0.39, 0.29) is 29.7 Å². The third kappa shape index (κ3) is 4.03. The van der Waals surface area contributed by atoms with E-state index >= 15 is 0 Å². The van der Waals surface area contributed by atoms with E-state index in [1.807, 2.05) is 0 Å². The normalized spacial score (nSPS) is 10.0. The molecule has 2 rings (SSSR count). The van der Waals surface area contributed by atoms with E-state index in [1.54, 1.807) is 30.3 Å². The summed E-state index contributed by atoms with van der Waals surface area (Å²) in [5.41, 5.74) is -0.324. The van der Waals surface area contributed by atoms with Crippen molar-refractivity contribution in [2.24, 2.45) is 0 Å². The van der Waals surface area contributed by atoms with Crippen LogP contribution in [0.15, 0.2) is 36.4 Å². The Morgan fingerprint density at radius 2 is 1.92 bits per heavy atom. The van der Waals surface area contributed by atoms with Crippen molar-refractivity contribution in [3.8, 4) is 23.3 Å². The lowest BCUT2D eigenvalue weighted by atomic mass is 10.0. The van der Waals surface area contributed by atoms with Crippen molar-refractivity contribution in [3.63, 3.8) is 0 Å². The van der Waals surface area contributed by atoms with Gasteiger partial charge in [-0.1, -0.05) is 23.7 Å². The number of carboxylic acids is 1. The molecule has 2 aromatic rings. The second-order valence-corrected chi connectivity index (χ2v) is 5.24. The average Bonchev–Trinajstić information content (AvgIpc) is 2.56. The molecule has 0 fully saturated rings. The molecule has 0 heterocycles. The molecule has 0 spiro atoms. The largest absolute Gasteiger partial charge is 0.506 e. The van der Waals surface area contributed by atoms with Crippen molar-refractivity contribution in [2.45, 2.75) is 12.8 Å². The minimum absolute atomic E-state index is 0.135. The molecule has 2 N–H and O–H groups in total. The molecule has 0 radical (unpaired) electrons. The van der Waals surface area contributed by atoms with E-state index < -0.39 is 17.5 Å². The summed E-state index contributed by atoms with van der Waals surface area (Å²) in [4.78, 5) is 22.7. The number of para-hydroxylation sites is 1. The second kappa shape index (κ2) is 7.49. The zero-order valence-corrected chi connectivity index (χ0v) is 13.1. The third-order valence-electron chi connectivity index (χ3n) is 3.13. The maximum atomic E-state index is 12.1. The highest BCUT2D eigenvalue weighted by Gasteiger charge is 2.18. The Kier molecular flexibility index (Phi) is 5.40. The molecular formula is C17H12ClNO5. The summed E-state index contributed by atoms with van der Waals surface area (Å²) in [7, 11) is 0. The van der Waals surface area contributed by atoms with Crippen LogP contribution in [-0.2, 0) is 4.79 Å². The van der Waals surface area contributed by atoms with Crippen molar-refractivity contribution in [3.05, 3.63) is 52.5 Å². The minimum atomic E-state index is -1.13. The third-order valence-corrected chi connectivity index (χ3v) is 3.45. The summed E-state index contributed by atoms with van der Waals surface area (Å²) >= 11 is 5.99. The number of hydrogen-bond acceptors (Lipinski definition) is 5. The number of ketones is 1. The van der Waals surface area contributed by atoms with Crippen molar-refractivity contribution < 1.29 is 24.5 Å². The van der Waals surface area contributed by atoms with Gasteiger partial charge in [-0.15, -0.1) is 0 Å². The first kappa shape index (κ1) is 17.3. The molecule has 0 aliphatic rings. The second-order valence-electron chi connectivity index (χ2n) is 4.83. The molecule has 0 atom stereocenters. The molecular weight excluding hydrogens is 334 g/mol. The molecule has 0 aliphatic carbocycles. The summed E-state index contributed by atoms with van der Waals surface area (Å²) in [6.07, 6.45) is -0.681. The minimum Gasteiger partial charge on any atom is -0.506 e. The van der Waals surface area contributed by atoms with Crippen molar-refractivity contribution in [2.75, 3.05) is 0 Å². The lowest BCUT2D eigenvalue weighted by molar-refractivity contribution is -0.136. The molecule has 0 saturated heterocycles. The summed E-state index contributed by atoms with van der Waals surface area (Å²) in [5, 5.41) is 28.1. The summed E-state index contributed by atoms with van der Waals surface area (Å²) < 4.78 is 5.56. The zero-order valence-electron chi connectivity index (χ0n) is 12.3. The van der Waals surface area contributed by atoms with Crippen LogP contribution in [0, 0.1) is 11.3 Å². The number of Topliss-reactive ketones (excluding diaryl/α,β-unsaturated/α-hetero) is 1. The van der Waals surface area contributed by atoms with Crippen LogP contribution >= 0.6 is 11.6 Å². The van der Waals surface area contributed by atoms with Gasteiger partial charge < -0.3 is 14.9 Å². The number of phenolic OH excluding ortho intramolecular Hbond substituents is 1. The van der Waals surface area contributed by atoms with Gasteiger partial charge in [-0.3, -0.25) is 9.59 Å². The first-order chi connectivity index (χ1) is 11.4. The Labute approximate surface area is 142 Å². The van der Waals surface area contributed by atoms with Gasteiger partial charge in [-0.2, -0.15) is 5.26 Å². The highest BCUT2D eigenvalue weighted by Crippen LogP contribution is 2.34. The number of carboxylic acid groups (broad SMARTS) is 1. The van der Waals surface area contributed by atoms with Crippen LogP contribution in [0.2, 0.25) is 5.02 Å². The number of carbonyl (C=O) groups is 2. The fraction of sp³-hybridized carbons (Fsp3) is 0.118. The number of nitrogens with zero attached hydrogens (tertiary/aromatic N) is 1. The van der Waals surface area contributed by atoms with E-state index in [1.165, 1.54) is 12.1 Å². The lowest BCUT2D eigenvalue weighted by Crippen LogP contribution is -2.05. The number of ether oxygens (including phenoxy) is 1. The predicted octanol–water partition coefficient (Wildman–Crippen LogP) is 3.76. The number of halogens is 1. The molecule has 0 bridgehead atoms. The predicted molar refractivity (Wildman–Crippen MR) is 85.5 cm³/mol. The van der Waals surface area contributed by atoms with Gasteiger partial charge in [0.05, 0.1) is 22.6 Å². The molecule has 122 valence electrons. The topological polar surface area (TPSA) is 108 Å². The highest BCUT2D eigenvalue weighted by molar-refractivity contribution is 6.32. The van der Waals surface area contributed by atoms with E-state index in [2.05, 4.69) is 0 Å². The van der Waals surface area contributed by atoms with Crippen LogP contribution < -0.4 is 4.74 Å². The first-order valence-corrected chi connectivity index (χ1v) is 7.24. The fourth-order valence-electron chi connectivity index (χ4n) is 1.97. The van der Waals surface area contributed by atoms with Crippen molar-refractivity contribution in [1.82, 2.24) is 0 Å². The van der Waals surface area contributed by atoms with Crippen LogP contribution in [0.25, 0.3) is 0 Å². The van der Waals surface area contributed by atoms with E-state index in [0.717, 1.165) is 0 Å². The maximum Gasteiger partial charge on any atom is 0.303 e. The standard InChI is InChI=1S/C17H12ClNO5/c18-13-3-1-2-4-15(13)24-11-7-10(9-19)17(23)12(8-11)14(20)5-6-16(21)22/h1-4,7-8,23H,5-6H2,(H,21,22). The summed E-state index contributed by atoms with van der Waals surface area (Å²) in [6, 6.07) is 10.9. The number of nitriles is 1. The Morgan fingerprint density at radius 3 is 2.54 bits per heavy atom. The molecule has 6 nitrogen and oxygen atoms in total. The SMILES string of the molecule is N#Cc1cc(Oc2ccccc2Cl)cc(C(=O)CCC(=O)O)c1O. The van der Waals surface area contributed by atoms with Crippen LogP contribution in [0.1, 0.15) is 28.8 Å². The van der Waals surface area contributed by atoms with Crippen molar-refractivity contribution in [1.29, 1.82) is 5.26 Å². The van der Waals surface area contributed by atoms with Gasteiger partial charge in [0.1, 0.15) is 23.3 Å². The van der Waals surface area contributed by atoms with Crippen molar-refractivity contribution >= 4 is 23.4 Å². The Balaban J connectivity index is 2.38. The molecule has 7 heteroatoms. The van der Waals surface area contributed by atoms with Gasteiger partial charge in [0.2, 0.25) is 0 Å². The number of hydrogen-bond donors (Lipinski definition) is 2. The molecule has 0 amide bonds. The molecule has 0 aliphatic heterocycles. The first-order valence-electron chi connectivity index (χ1n) is 6.87. The highest BCUT2D eigenvalue weighted by atomic mass is 35.5. The van der Waals surface area contributed by atoms with E-state index in [9.17, 15) is 14.7 Å². The van der Waals surface area contributed by atoms with E-state index in [0.29, 0.717) is 10.8 Å². The number of rotatable bonds is 6. The monoisotopic (exact) mass is 345 g/mol. The number of benzene rings is 2. The van der Waals surface area contributed by atoms with Crippen LogP contribution in [0.5, 0.6) is 17.2 Å². The van der Waals surface area contributed by atoms with Gasteiger partial charge in [-0.05, 0) is 18.2 Å². The molecule has 0 unspecified atom stereocenters. The fourth-order valence-corrected chi connectivity index (χ4v) is 2.15. The Morgan fingerprint density at radius 1 is 1.21 bits per heavy atom. The van der Waals surface area contributed by atoms with Crippen LogP contribution in [0.4, 0.5) is 0 Å². The number of phenols is 1. The zero-order chi connectivity index (χ0) is 17.7. The number of aliphatic carboxylic acids is 1. The van der Waals surface area contributed by atoms with Crippen LogP contribution in [-0.4, -0.2) is 22.0 Å². The van der Waals surface area contributed by atoms with Gasteiger partial charge in [0.25, 0.3) is 0 Å². The molecule has 2 aromatic carbocycles. The van der Waals surface area contributed by atoms with Crippen LogP contribution in [0.3, 0.4) is 0 Å². The number of carbonyl (C=O) groups excluding carboxylic acids is 1. The van der Waals surface area contributed by atoms with Gasteiger partial charge in [0.15, 0.2) is 5.78 Å². The van der Waals surface area contributed by atoms with Gasteiger partial charge in [-0.25, -0.2) is 0 Å². The lowest BCUT2D eigenvalue weighted by Gasteiger charge is -2.11. The van der Waals surface area contributed by atoms with Gasteiger partial charge in [0, 0.05) is 12.5 Å². The average molecular weight is 346 g/mol. The molecule has 0 aromatic heterocycles.